The molecular formula is C30H33N3O5S. The number of aryl methyl sites for hydroxylation is 2. The van der Waals surface area contributed by atoms with Gasteiger partial charge in [-0.15, -0.1) is 0 Å². The number of para-hydroxylation sites is 1. The van der Waals surface area contributed by atoms with Crippen LogP contribution in [-0.2, 0) is 53.3 Å². The zero-order valence-electron chi connectivity index (χ0n) is 22.0. The Morgan fingerprint density at radius 2 is 1.56 bits per heavy atom. The molecule has 3 aromatic carbocycles. The monoisotopic (exact) mass is 547 g/mol. The van der Waals surface area contributed by atoms with Crippen LogP contribution in [-0.4, -0.2) is 34.0 Å². The first-order valence-corrected chi connectivity index (χ1v) is 14.8. The highest BCUT2D eigenvalue weighted by Gasteiger charge is 2.26. The summed E-state index contributed by atoms with van der Waals surface area (Å²) in [5, 5.41) is 5.75. The van der Waals surface area contributed by atoms with Crippen LogP contribution in [0.1, 0.15) is 46.2 Å². The standard InChI is InChI=1S/C30H33N3O5S/c1-38-27-11-3-2-6-23(27)19-28(34)31-17-16-20-12-14-24(15-13-20)39(36,37)33-30(35)32-29-25-9-4-7-21(25)18-22-8-5-10-26(22)29/h2-3,6,11-15,18H,4-5,7-10,16-17,19H2,1H3,(H,31,34)(H2,32,33,35). The van der Waals surface area contributed by atoms with Crippen LogP contribution in [0, 0.1) is 0 Å². The molecular weight excluding hydrogens is 514 g/mol. The van der Waals surface area contributed by atoms with Crippen LogP contribution in [0.15, 0.2) is 59.5 Å². The molecule has 0 saturated heterocycles. The summed E-state index contributed by atoms with van der Waals surface area (Å²) in [5.74, 6) is 0.548. The van der Waals surface area contributed by atoms with E-state index < -0.39 is 16.1 Å². The lowest BCUT2D eigenvalue weighted by Gasteiger charge is -2.16. The fraction of sp³-hybridized carbons (Fsp3) is 0.333. The third kappa shape index (κ3) is 6.09. The molecule has 5 rings (SSSR count). The van der Waals surface area contributed by atoms with Crippen molar-refractivity contribution >= 4 is 27.6 Å². The van der Waals surface area contributed by atoms with E-state index in [1.807, 2.05) is 24.3 Å². The number of fused-ring (bicyclic) bond motifs is 2. The van der Waals surface area contributed by atoms with Gasteiger partial charge in [0.1, 0.15) is 5.75 Å². The molecule has 3 N–H and O–H groups in total. The molecule has 0 bridgehead atoms. The molecule has 3 amide bonds. The number of anilines is 1. The van der Waals surface area contributed by atoms with Gasteiger partial charge in [-0.2, -0.15) is 0 Å². The number of methoxy groups -OCH3 is 1. The predicted octanol–water partition coefficient (Wildman–Crippen LogP) is 4.08. The van der Waals surface area contributed by atoms with E-state index in [1.165, 1.54) is 23.3 Å². The maximum atomic E-state index is 12.9. The second-order valence-electron chi connectivity index (χ2n) is 10.0. The van der Waals surface area contributed by atoms with Crippen LogP contribution in [0.4, 0.5) is 10.5 Å². The minimum atomic E-state index is -4.04. The van der Waals surface area contributed by atoms with Crippen molar-refractivity contribution in [1.82, 2.24) is 10.0 Å². The maximum Gasteiger partial charge on any atom is 0.333 e. The van der Waals surface area contributed by atoms with Gasteiger partial charge in [-0.05, 0) is 91.0 Å². The molecule has 39 heavy (non-hydrogen) atoms. The molecule has 0 heterocycles. The second kappa shape index (κ2) is 11.5. The molecule has 0 aromatic heterocycles. The van der Waals surface area contributed by atoms with E-state index in [1.54, 1.807) is 19.2 Å². The molecule has 2 aliphatic carbocycles. The van der Waals surface area contributed by atoms with Gasteiger partial charge in [0.25, 0.3) is 10.0 Å². The molecule has 8 nitrogen and oxygen atoms in total. The van der Waals surface area contributed by atoms with Crippen LogP contribution in [0.2, 0.25) is 0 Å². The first kappa shape index (κ1) is 26.7. The number of ether oxygens (including phenoxy) is 1. The van der Waals surface area contributed by atoms with Crippen molar-refractivity contribution in [3.63, 3.8) is 0 Å². The number of amides is 3. The summed E-state index contributed by atoms with van der Waals surface area (Å²) >= 11 is 0. The molecule has 9 heteroatoms. The fourth-order valence-electron chi connectivity index (χ4n) is 5.55. The molecule has 0 aliphatic heterocycles. The fourth-order valence-corrected chi connectivity index (χ4v) is 6.46. The number of hydrogen-bond acceptors (Lipinski definition) is 5. The van der Waals surface area contributed by atoms with E-state index in [4.69, 9.17) is 4.74 Å². The Balaban J connectivity index is 1.15. The third-order valence-corrected chi connectivity index (χ3v) is 8.80. The first-order valence-electron chi connectivity index (χ1n) is 13.3. The van der Waals surface area contributed by atoms with E-state index >= 15 is 0 Å². The smallest absolute Gasteiger partial charge is 0.333 e. The van der Waals surface area contributed by atoms with Crippen molar-refractivity contribution in [2.45, 2.75) is 56.3 Å². The Kier molecular flexibility index (Phi) is 7.88. The van der Waals surface area contributed by atoms with Gasteiger partial charge >= 0.3 is 6.03 Å². The summed E-state index contributed by atoms with van der Waals surface area (Å²) < 4.78 is 33.3. The molecule has 3 aromatic rings. The Morgan fingerprint density at radius 1 is 0.897 bits per heavy atom. The van der Waals surface area contributed by atoms with Gasteiger partial charge in [0.2, 0.25) is 5.91 Å². The van der Waals surface area contributed by atoms with Crippen LogP contribution >= 0.6 is 0 Å². The number of rotatable bonds is 9. The van der Waals surface area contributed by atoms with Crippen molar-refractivity contribution in [3.8, 4) is 5.75 Å². The summed E-state index contributed by atoms with van der Waals surface area (Å²) in [6, 6.07) is 15.2. The average Bonchev–Trinajstić information content (AvgIpc) is 3.58. The van der Waals surface area contributed by atoms with E-state index in [9.17, 15) is 18.0 Å². The molecule has 0 saturated carbocycles. The number of hydrogen-bond donors (Lipinski definition) is 3. The normalized spacial score (nSPS) is 13.9. The van der Waals surface area contributed by atoms with Crippen LogP contribution in [0.25, 0.3) is 0 Å². The zero-order valence-corrected chi connectivity index (χ0v) is 22.8. The number of sulfonamides is 1. The number of carbonyl (C=O) groups excluding carboxylic acids is 2. The van der Waals surface area contributed by atoms with Crippen molar-refractivity contribution < 1.29 is 22.7 Å². The van der Waals surface area contributed by atoms with E-state index in [-0.39, 0.29) is 17.2 Å². The molecule has 0 atom stereocenters. The minimum Gasteiger partial charge on any atom is -0.496 e. The van der Waals surface area contributed by atoms with Gasteiger partial charge in [0.15, 0.2) is 0 Å². The topological polar surface area (TPSA) is 114 Å². The number of carbonyl (C=O) groups is 2. The second-order valence-corrected chi connectivity index (χ2v) is 11.7. The molecule has 0 spiro atoms. The number of nitrogens with one attached hydrogen (secondary N) is 3. The zero-order chi connectivity index (χ0) is 27.4. The first-order chi connectivity index (χ1) is 18.8. The minimum absolute atomic E-state index is 0.00475. The van der Waals surface area contributed by atoms with Crippen LogP contribution in [0.5, 0.6) is 5.75 Å². The summed E-state index contributed by atoms with van der Waals surface area (Å²) in [6.07, 6.45) is 6.62. The summed E-state index contributed by atoms with van der Waals surface area (Å²) in [5.41, 5.74) is 7.29. The average molecular weight is 548 g/mol. The van der Waals surface area contributed by atoms with Crippen LogP contribution < -0.4 is 20.1 Å². The Hall–Kier alpha value is -3.85. The molecule has 204 valence electrons. The van der Waals surface area contributed by atoms with Crippen molar-refractivity contribution in [3.05, 3.63) is 88.0 Å². The SMILES string of the molecule is COc1ccccc1CC(=O)NCCc1ccc(S(=O)(=O)NC(=O)Nc2c3c(cc4c2CCC4)CCC3)cc1. The van der Waals surface area contributed by atoms with Crippen LogP contribution in [0.3, 0.4) is 0 Å². The van der Waals surface area contributed by atoms with Crippen molar-refractivity contribution in [2.75, 3.05) is 19.0 Å². The molecule has 0 unspecified atom stereocenters. The largest absolute Gasteiger partial charge is 0.496 e. The van der Waals surface area contributed by atoms with E-state index in [2.05, 4.69) is 21.4 Å². The maximum absolute atomic E-state index is 12.9. The van der Waals surface area contributed by atoms with Gasteiger partial charge in [0, 0.05) is 17.8 Å². The lowest BCUT2D eigenvalue weighted by atomic mass is 9.99. The molecule has 0 fully saturated rings. The highest BCUT2D eigenvalue weighted by Crippen LogP contribution is 2.38. The predicted molar refractivity (Wildman–Crippen MR) is 150 cm³/mol. The Labute approximate surface area is 229 Å². The van der Waals surface area contributed by atoms with Crippen molar-refractivity contribution in [2.24, 2.45) is 0 Å². The molecule has 0 radical (unpaired) electrons. The van der Waals surface area contributed by atoms with E-state index in [0.29, 0.717) is 18.7 Å². The Bertz CT molecular complexity index is 1470. The summed E-state index contributed by atoms with van der Waals surface area (Å²) in [7, 11) is -2.47. The van der Waals surface area contributed by atoms with Gasteiger partial charge in [-0.1, -0.05) is 36.4 Å². The van der Waals surface area contributed by atoms with Gasteiger partial charge in [0.05, 0.1) is 18.4 Å². The highest BCUT2D eigenvalue weighted by atomic mass is 32.2. The van der Waals surface area contributed by atoms with Gasteiger partial charge in [-0.25, -0.2) is 17.9 Å². The number of benzene rings is 3. The van der Waals surface area contributed by atoms with Crippen molar-refractivity contribution in [1.29, 1.82) is 0 Å². The lowest BCUT2D eigenvalue weighted by molar-refractivity contribution is -0.120. The lowest BCUT2D eigenvalue weighted by Crippen LogP contribution is -2.35. The number of urea groups is 1. The Morgan fingerprint density at radius 3 is 2.23 bits per heavy atom. The quantitative estimate of drug-likeness (QED) is 0.374. The van der Waals surface area contributed by atoms with Gasteiger partial charge < -0.3 is 15.4 Å². The summed E-state index contributed by atoms with van der Waals surface area (Å²) in [6.45, 7) is 0.409. The third-order valence-electron chi connectivity index (χ3n) is 7.45. The highest BCUT2D eigenvalue weighted by molar-refractivity contribution is 7.90. The summed E-state index contributed by atoms with van der Waals surface area (Å²) in [4.78, 5) is 25.1. The molecule has 2 aliphatic rings. The van der Waals surface area contributed by atoms with E-state index in [0.717, 1.165) is 66.5 Å². The van der Waals surface area contributed by atoms with Gasteiger partial charge in [-0.3, -0.25) is 4.79 Å².